The van der Waals surface area contributed by atoms with Crippen LogP contribution in [0.25, 0.3) is 0 Å². The maximum absolute atomic E-state index is 5.85. The Labute approximate surface area is 128 Å². The van der Waals surface area contributed by atoms with Crippen molar-refractivity contribution in [1.82, 2.24) is 10.2 Å². The van der Waals surface area contributed by atoms with Crippen molar-refractivity contribution in [3.63, 3.8) is 0 Å². The van der Waals surface area contributed by atoms with Gasteiger partial charge >= 0.3 is 0 Å². The number of nitrogens with one attached hydrogen (secondary N) is 1. The molecule has 1 saturated heterocycles. The van der Waals surface area contributed by atoms with Crippen LogP contribution in [0, 0.1) is 11.3 Å². The molecule has 116 valence electrons. The van der Waals surface area contributed by atoms with Crippen LogP contribution in [-0.4, -0.2) is 38.2 Å². The Kier molecular flexibility index (Phi) is 4.23. The molecule has 0 spiro atoms. The molecule has 0 bridgehead atoms. The van der Waals surface area contributed by atoms with Gasteiger partial charge in [0.1, 0.15) is 5.75 Å². The standard InChI is InChI=1S/C18H28N2O/c1-14-12-21-16-7-5-4-6-15(16)17(14)19-13-18(2)8-10-20(3)11-9-18/h4-7,14,17,19H,8-13H2,1-3H3. The zero-order valence-corrected chi connectivity index (χ0v) is 13.6. The van der Waals surface area contributed by atoms with Gasteiger partial charge in [0.2, 0.25) is 0 Å². The normalized spacial score (nSPS) is 28.7. The van der Waals surface area contributed by atoms with Crippen LogP contribution in [0.2, 0.25) is 0 Å². The Bertz CT molecular complexity index is 480. The maximum atomic E-state index is 5.85. The highest BCUT2D eigenvalue weighted by atomic mass is 16.5. The summed E-state index contributed by atoms with van der Waals surface area (Å²) in [5, 5.41) is 3.85. The first-order valence-corrected chi connectivity index (χ1v) is 8.21. The molecule has 3 rings (SSSR count). The largest absolute Gasteiger partial charge is 0.493 e. The zero-order valence-electron chi connectivity index (χ0n) is 13.6. The number of nitrogens with zero attached hydrogens (tertiary/aromatic N) is 1. The molecule has 2 aliphatic heterocycles. The molecule has 0 aromatic heterocycles. The van der Waals surface area contributed by atoms with Crippen LogP contribution in [0.5, 0.6) is 5.75 Å². The molecule has 0 radical (unpaired) electrons. The maximum Gasteiger partial charge on any atom is 0.124 e. The van der Waals surface area contributed by atoms with Gasteiger partial charge in [-0.25, -0.2) is 0 Å². The van der Waals surface area contributed by atoms with Crippen LogP contribution < -0.4 is 10.1 Å². The number of benzene rings is 1. The molecule has 3 nitrogen and oxygen atoms in total. The lowest BCUT2D eigenvalue weighted by Crippen LogP contribution is -2.44. The topological polar surface area (TPSA) is 24.5 Å². The summed E-state index contributed by atoms with van der Waals surface area (Å²) >= 11 is 0. The molecule has 0 saturated carbocycles. The van der Waals surface area contributed by atoms with Gasteiger partial charge in [0.05, 0.1) is 6.61 Å². The summed E-state index contributed by atoms with van der Waals surface area (Å²) in [4.78, 5) is 2.44. The monoisotopic (exact) mass is 288 g/mol. The van der Waals surface area contributed by atoms with Crippen molar-refractivity contribution in [2.75, 3.05) is 33.3 Å². The first-order valence-electron chi connectivity index (χ1n) is 8.21. The molecule has 2 heterocycles. The fourth-order valence-corrected chi connectivity index (χ4v) is 3.50. The lowest BCUT2D eigenvalue weighted by Gasteiger charge is -2.40. The van der Waals surface area contributed by atoms with E-state index in [1.165, 1.54) is 31.5 Å². The van der Waals surface area contributed by atoms with Gasteiger partial charge in [-0.2, -0.15) is 0 Å². The SMILES string of the molecule is CC1COc2ccccc2C1NCC1(C)CCN(C)CC1. The highest BCUT2D eigenvalue weighted by Crippen LogP contribution is 2.36. The average molecular weight is 288 g/mol. The van der Waals surface area contributed by atoms with Crippen LogP contribution in [-0.2, 0) is 0 Å². The highest BCUT2D eigenvalue weighted by Gasteiger charge is 2.32. The first-order chi connectivity index (χ1) is 10.1. The summed E-state index contributed by atoms with van der Waals surface area (Å²) in [5.74, 6) is 1.58. The Balaban J connectivity index is 1.67. The lowest BCUT2D eigenvalue weighted by molar-refractivity contribution is 0.120. The van der Waals surface area contributed by atoms with Crippen molar-refractivity contribution in [2.24, 2.45) is 11.3 Å². The predicted molar refractivity (Wildman–Crippen MR) is 86.7 cm³/mol. The van der Waals surface area contributed by atoms with Crippen molar-refractivity contribution in [3.05, 3.63) is 29.8 Å². The molecule has 1 N–H and O–H groups in total. The number of para-hydroxylation sites is 1. The van der Waals surface area contributed by atoms with Crippen molar-refractivity contribution >= 4 is 0 Å². The molecule has 0 aliphatic carbocycles. The fourth-order valence-electron chi connectivity index (χ4n) is 3.50. The third-order valence-corrected chi connectivity index (χ3v) is 5.27. The molecule has 3 heteroatoms. The number of rotatable bonds is 3. The van der Waals surface area contributed by atoms with Crippen LogP contribution in [0.15, 0.2) is 24.3 Å². The minimum absolute atomic E-state index is 0.423. The summed E-state index contributed by atoms with van der Waals surface area (Å²) in [6, 6.07) is 8.90. The van der Waals surface area contributed by atoms with E-state index in [2.05, 4.69) is 55.4 Å². The van der Waals surface area contributed by atoms with E-state index >= 15 is 0 Å². The lowest BCUT2D eigenvalue weighted by atomic mass is 9.79. The minimum Gasteiger partial charge on any atom is -0.493 e. The molecular formula is C18H28N2O. The summed E-state index contributed by atoms with van der Waals surface area (Å²) in [6.45, 7) is 9.07. The summed E-state index contributed by atoms with van der Waals surface area (Å²) < 4.78 is 5.85. The molecule has 1 fully saturated rings. The number of hydrogen-bond acceptors (Lipinski definition) is 3. The van der Waals surface area contributed by atoms with Gasteiger partial charge < -0.3 is 15.0 Å². The van der Waals surface area contributed by atoms with Crippen LogP contribution >= 0.6 is 0 Å². The van der Waals surface area contributed by atoms with Gasteiger partial charge in [0, 0.05) is 24.1 Å². The second-order valence-corrected chi connectivity index (χ2v) is 7.30. The number of piperidine rings is 1. The third-order valence-electron chi connectivity index (χ3n) is 5.27. The second kappa shape index (κ2) is 5.98. The Morgan fingerprint density at radius 3 is 2.76 bits per heavy atom. The number of fused-ring (bicyclic) bond motifs is 1. The molecule has 2 unspecified atom stereocenters. The van der Waals surface area contributed by atoms with E-state index in [1.807, 2.05) is 0 Å². The smallest absolute Gasteiger partial charge is 0.124 e. The van der Waals surface area contributed by atoms with E-state index in [1.54, 1.807) is 0 Å². The fraction of sp³-hybridized carbons (Fsp3) is 0.667. The molecular weight excluding hydrogens is 260 g/mol. The van der Waals surface area contributed by atoms with Crippen LogP contribution in [0.1, 0.15) is 38.3 Å². The number of hydrogen-bond donors (Lipinski definition) is 1. The summed E-state index contributed by atoms with van der Waals surface area (Å²) in [7, 11) is 2.23. The van der Waals surface area contributed by atoms with Crippen molar-refractivity contribution in [3.8, 4) is 5.75 Å². The Morgan fingerprint density at radius 1 is 1.29 bits per heavy atom. The van der Waals surface area contributed by atoms with Gasteiger partial charge in [-0.15, -0.1) is 0 Å². The number of ether oxygens (including phenoxy) is 1. The third kappa shape index (κ3) is 3.24. The van der Waals surface area contributed by atoms with E-state index in [-0.39, 0.29) is 0 Å². The predicted octanol–water partition coefficient (Wildman–Crippen LogP) is 3.08. The molecule has 1 aromatic carbocycles. The van der Waals surface area contributed by atoms with Crippen molar-refractivity contribution < 1.29 is 4.74 Å². The van der Waals surface area contributed by atoms with Gasteiger partial charge in [0.15, 0.2) is 0 Å². The van der Waals surface area contributed by atoms with Crippen molar-refractivity contribution in [1.29, 1.82) is 0 Å². The van der Waals surface area contributed by atoms with Gasteiger partial charge in [-0.1, -0.05) is 32.0 Å². The summed E-state index contributed by atoms with van der Waals surface area (Å²) in [5.41, 5.74) is 1.76. The van der Waals surface area contributed by atoms with E-state index in [0.717, 1.165) is 18.9 Å². The van der Waals surface area contributed by atoms with E-state index in [4.69, 9.17) is 4.74 Å². The molecule has 1 aromatic rings. The molecule has 2 aliphatic rings. The first kappa shape index (κ1) is 14.9. The van der Waals surface area contributed by atoms with E-state index in [0.29, 0.717) is 17.4 Å². The van der Waals surface area contributed by atoms with Crippen LogP contribution in [0.3, 0.4) is 0 Å². The second-order valence-electron chi connectivity index (χ2n) is 7.30. The van der Waals surface area contributed by atoms with E-state index in [9.17, 15) is 0 Å². The quantitative estimate of drug-likeness (QED) is 0.925. The Morgan fingerprint density at radius 2 is 2.00 bits per heavy atom. The summed E-state index contributed by atoms with van der Waals surface area (Å²) in [6.07, 6.45) is 2.57. The van der Waals surface area contributed by atoms with Gasteiger partial charge in [-0.05, 0) is 44.5 Å². The van der Waals surface area contributed by atoms with Crippen LogP contribution in [0.4, 0.5) is 0 Å². The molecule has 2 atom stereocenters. The zero-order chi connectivity index (χ0) is 14.9. The van der Waals surface area contributed by atoms with Gasteiger partial charge in [0.25, 0.3) is 0 Å². The Hall–Kier alpha value is -1.06. The van der Waals surface area contributed by atoms with E-state index < -0.39 is 0 Å². The highest BCUT2D eigenvalue weighted by molar-refractivity contribution is 5.37. The van der Waals surface area contributed by atoms with Gasteiger partial charge in [-0.3, -0.25) is 0 Å². The average Bonchev–Trinajstić information content (AvgIpc) is 2.50. The molecule has 0 amide bonds. The number of likely N-dealkylation sites (tertiary alicyclic amines) is 1. The molecule has 21 heavy (non-hydrogen) atoms. The minimum atomic E-state index is 0.423. The van der Waals surface area contributed by atoms with Crippen molar-refractivity contribution in [2.45, 2.75) is 32.7 Å².